The van der Waals surface area contributed by atoms with Gasteiger partial charge in [0.05, 0.1) is 10.5 Å². The summed E-state index contributed by atoms with van der Waals surface area (Å²) in [6.07, 6.45) is 6.01. The van der Waals surface area contributed by atoms with Gasteiger partial charge >= 0.3 is 0 Å². The highest BCUT2D eigenvalue weighted by Crippen LogP contribution is 2.22. The molecule has 1 fully saturated rings. The average molecular weight is 479 g/mol. The largest absolute Gasteiger partial charge is 0.340 e. The molecule has 0 spiro atoms. The molecule has 4 rings (SSSR count). The summed E-state index contributed by atoms with van der Waals surface area (Å²) in [5.74, 6) is -0.822. The maximum absolute atomic E-state index is 13.1. The normalized spacial score (nSPS) is 14.6. The number of hydrogen-bond donors (Lipinski definition) is 3. The van der Waals surface area contributed by atoms with Gasteiger partial charge in [-0.15, -0.1) is 0 Å². The molecular weight excluding hydrogens is 452 g/mol. The van der Waals surface area contributed by atoms with E-state index in [4.69, 9.17) is 0 Å². The van der Waals surface area contributed by atoms with E-state index in [1.54, 1.807) is 18.3 Å². The van der Waals surface area contributed by atoms with Crippen molar-refractivity contribution in [1.29, 1.82) is 0 Å². The molecule has 0 aliphatic heterocycles. The number of nitrogens with zero attached hydrogens (tertiary/aromatic N) is 1. The Morgan fingerprint density at radius 2 is 1.71 bits per heavy atom. The smallest absolute Gasteiger partial charge is 0.253 e. The van der Waals surface area contributed by atoms with E-state index < -0.39 is 27.9 Å². The topological polar surface area (TPSA) is 117 Å². The second-order valence-corrected chi connectivity index (χ2v) is 9.93. The molecule has 2 amide bonds. The third-order valence-corrected chi connectivity index (χ3v) is 7.22. The Kier molecular flexibility index (Phi) is 7.34. The first kappa shape index (κ1) is 23.6. The van der Waals surface area contributed by atoms with Crippen LogP contribution in [0.3, 0.4) is 0 Å². The van der Waals surface area contributed by atoms with Gasteiger partial charge in [-0.25, -0.2) is 13.1 Å². The Balaban J connectivity index is 1.46. The minimum Gasteiger partial charge on any atom is -0.340 e. The molecule has 1 aromatic heterocycles. The number of anilines is 1. The molecule has 3 N–H and O–H groups in total. The van der Waals surface area contributed by atoms with E-state index in [1.807, 2.05) is 30.3 Å². The number of amides is 2. The Hall–Kier alpha value is -3.56. The van der Waals surface area contributed by atoms with Gasteiger partial charge in [-0.2, -0.15) is 0 Å². The van der Waals surface area contributed by atoms with Crippen LogP contribution in [0.25, 0.3) is 0 Å². The Morgan fingerprint density at radius 3 is 2.32 bits per heavy atom. The highest BCUT2D eigenvalue weighted by Gasteiger charge is 2.25. The zero-order chi connectivity index (χ0) is 24.0. The fraction of sp³-hybridized carbons (Fsp3) is 0.240. The molecule has 1 aliphatic rings. The van der Waals surface area contributed by atoms with Crippen molar-refractivity contribution >= 4 is 27.5 Å². The van der Waals surface area contributed by atoms with Crippen molar-refractivity contribution in [2.45, 2.75) is 42.7 Å². The lowest BCUT2D eigenvalue weighted by atomic mass is 9.94. The van der Waals surface area contributed by atoms with Gasteiger partial charge in [0.1, 0.15) is 6.04 Å². The molecule has 0 bridgehead atoms. The van der Waals surface area contributed by atoms with E-state index in [9.17, 15) is 18.0 Å². The van der Waals surface area contributed by atoms with E-state index in [-0.39, 0.29) is 17.4 Å². The summed E-state index contributed by atoms with van der Waals surface area (Å²) in [5, 5.41) is 5.55. The Bertz CT molecular complexity index is 1230. The molecule has 1 heterocycles. The monoisotopic (exact) mass is 478 g/mol. The van der Waals surface area contributed by atoms with Gasteiger partial charge in [0, 0.05) is 30.5 Å². The van der Waals surface area contributed by atoms with Gasteiger partial charge in [-0.1, -0.05) is 36.8 Å². The average Bonchev–Trinajstić information content (AvgIpc) is 2.82. The standard InChI is InChI=1S/C25H26N4O4S/c30-24(19-8-5-15-26-17-19)28-23(16-18-6-2-1-3-7-18)25(31)27-20-11-13-22(14-12-20)34(32,33)29-21-9-4-10-21/h1-3,5-8,11-15,17,21,23,29H,4,9-10,16H2,(H,27,31)(H,28,30). The number of nitrogens with one attached hydrogen (secondary N) is 3. The molecule has 9 heteroatoms. The molecule has 3 aromatic rings. The molecule has 1 saturated carbocycles. The molecule has 1 unspecified atom stereocenters. The maximum Gasteiger partial charge on any atom is 0.253 e. The Morgan fingerprint density at radius 1 is 0.971 bits per heavy atom. The highest BCUT2D eigenvalue weighted by atomic mass is 32.2. The zero-order valence-corrected chi connectivity index (χ0v) is 19.3. The van der Waals surface area contributed by atoms with E-state index in [2.05, 4.69) is 20.3 Å². The van der Waals surface area contributed by atoms with Gasteiger partial charge in [-0.05, 0) is 54.8 Å². The van der Waals surface area contributed by atoms with Crippen molar-refractivity contribution in [3.63, 3.8) is 0 Å². The fourth-order valence-corrected chi connectivity index (χ4v) is 4.86. The lowest BCUT2D eigenvalue weighted by Gasteiger charge is -2.26. The zero-order valence-electron chi connectivity index (χ0n) is 18.5. The summed E-state index contributed by atoms with van der Waals surface area (Å²) in [4.78, 5) is 29.8. The molecule has 8 nitrogen and oxygen atoms in total. The van der Waals surface area contributed by atoms with Crippen molar-refractivity contribution < 1.29 is 18.0 Å². The van der Waals surface area contributed by atoms with Crippen LogP contribution in [-0.4, -0.2) is 37.3 Å². The SMILES string of the molecule is O=C(NC(Cc1ccccc1)C(=O)Nc1ccc(S(=O)(=O)NC2CCC2)cc1)c1cccnc1. The molecule has 34 heavy (non-hydrogen) atoms. The number of rotatable bonds is 9. The summed E-state index contributed by atoms with van der Waals surface area (Å²) in [6, 6.07) is 17.8. The second kappa shape index (κ2) is 10.6. The minimum absolute atomic E-state index is 0.00782. The number of hydrogen-bond acceptors (Lipinski definition) is 5. The molecular formula is C25H26N4O4S. The van der Waals surface area contributed by atoms with Crippen LogP contribution in [0.5, 0.6) is 0 Å². The van der Waals surface area contributed by atoms with Crippen molar-refractivity contribution in [2.24, 2.45) is 0 Å². The van der Waals surface area contributed by atoms with E-state index in [1.165, 1.54) is 30.5 Å². The van der Waals surface area contributed by atoms with Gasteiger partial charge in [0.25, 0.3) is 5.91 Å². The fourth-order valence-electron chi connectivity index (χ4n) is 3.56. The number of aromatic nitrogens is 1. The van der Waals surface area contributed by atoms with Crippen LogP contribution < -0.4 is 15.4 Å². The van der Waals surface area contributed by atoms with Crippen molar-refractivity contribution in [3.8, 4) is 0 Å². The van der Waals surface area contributed by atoms with Gasteiger partial charge in [0.15, 0.2) is 0 Å². The van der Waals surface area contributed by atoms with Crippen LogP contribution in [0, 0.1) is 0 Å². The predicted octanol–water partition coefficient (Wildman–Crippen LogP) is 2.89. The molecule has 1 atom stereocenters. The first-order valence-electron chi connectivity index (χ1n) is 11.1. The molecule has 0 saturated heterocycles. The van der Waals surface area contributed by atoms with Crippen LogP contribution in [0.4, 0.5) is 5.69 Å². The third kappa shape index (κ3) is 6.06. The molecule has 176 valence electrons. The molecule has 0 radical (unpaired) electrons. The quantitative estimate of drug-likeness (QED) is 0.437. The van der Waals surface area contributed by atoms with Gasteiger partial charge in [0.2, 0.25) is 15.9 Å². The summed E-state index contributed by atoms with van der Waals surface area (Å²) < 4.78 is 27.7. The summed E-state index contributed by atoms with van der Waals surface area (Å²) in [7, 11) is -3.59. The summed E-state index contributed by atoms with van der Waals surface area (Å²) >= 11 is 0. The third-order valence-electron chi connectivity index (χ3n) is 5.69. The number of carbonyl (C=O) groups is 2. The molecule has 2 aromatic carbocycles. The molecule has 1 aliphatic carbocycles. The lowest BCUT2D eigenvalue weighted by molar-refractivity contribution is -0.118. The van der Waals surface area contributed by atoms with Crippen molar-refractivity contribution in [2.75, 3.05) is 5.32 Å². The van der Waals surface area contributed by atoms with E-state index in [0.29, 0.717) is 11.3 Å². The van der Waals surface area contributed by atoms with Crippen molar-refractivity contribution in [3.05, 3.63) is 90.3 Å². The van der Waals surface area contributed by atoms with E-state index in [0.717, 1.165) is 24.8 Å². The van der Waals surface area contributed by atoms with Crippen LogP contribution in [0.2, 0.25) is 0 Å². The first-order chi connectivity index (χ1) is 16.4. The van der Waals surface area contributed by atoms with Crippen LogP contribution in [-0.2, 0) is 21.2 Å². The van der Waals surface area contributed by atoms with Crippen LogP contribution in [0.1, 0.15) is 35.2 Å². The van der Waals surface area contributed by atoms with Crippen molar-refractivity contribution in [1.82, 2.24) is 15.0 Å². The van der Waals surface area contributed by atoms with Gasteiger partial charge in [-0.3, -0.25) is 14.6 Å². The first-order valence-corrected chi connectivity index (χ1v) is 12.6. The van der Waals surface area contributed by atoms with Crippen LogP contribution in [0.15, 0.2) is 84.0 Å². The lowest BCUT2D eigenvalue weighted by Crippen LogP contribution is -2.45. The number of benzene rings is 2. The Labute approximate surface area is 198 Å². The highest BCUT2D eigenvalue weighted by molar-refractivity contribution is 7.89. The summed E-state index contributed by atoms with van der Waals surface area (Å²) in [5.41, 5.74) is 1.67. The summed E-state index contributed by atoms with van der Waals surface area (Å²) in [6.45, 7) is 0. The maximum atomic E-state index is 13.1. The number of carbonyl (C=O) groups excluding carboxylic acids is 2. The minimum atomic E-state index is -3.59. The number of pyridine rings is 1. The van der Waals surface area contributed by atoms with Crippen LogP contribution >= 0.6 is 0 Å². The van der Waals surface area contributed by atoms with Gasteiger partial charge < -0.3 is 10.6 Å². The second-order valence-electron chi connectivity index (χ2n) is 8.22. The van der Waals surface area contributed by atoms with E-state index >= 15 is 0 Å². The number of sulfonamides is 1. The predicted molar refractivity (Wildman–Crippen MR) is 129 cm³/mol.